The highest BCUT2D eigenvalue weighted by Gasteiger charge is 2.29. The van der Waals surface area contributed by atoms with Crippen molar-refractivity contribution in [1.29, 1.82) is 10.5 Å². The number of anilines is 3. The molecule has 1 aromatic carbocycles. The number of aliphatic imine (C=N–C) groups is 1. The van der Waals surface area contributed by atoms with Crippen LogP contribution in [0.5, 0.6) is 5.75 Å². The lowest BCUT2D eigenvalue weighted by atomic mass is 9.95. The third-order valence-corrected chi connectivity index (χ3v) is 4.11. The van der Waals surface area contributed by atoms with Gasteiger partial charge < -0.3 is 21.5 Å². The standard InChI is InChI=1S/C19H20N8O/c1-10(2)8-28-12-5-3-4-11(6-12)16-14-15(22)13(7-20)17(23)26-18(14)27-19(25-16)24-9-21/h3-6,10,16H,8H2,1-2H3,(H6,22,23,24,25,26,27). The molecule has 0 bridgehead atoms. The first-order valence-electron chi connectivity index (χ1n) is 8.66. The maximum absolute atomic E-state index is 9.38. The van der Waals surface area contributed by atoms with E-state index in [1.807, 2.05) is 36.5 Å². The van der Waals surface area contributed by atoms with Gasteiger partial charge in [0.25, 0.3) is 0 Å². The van der Waals surface area contributed by atoms with E-state index >= 15 is 0 Å². The lowest BCUT2D eigenvalue weighted by Gasteiger charge is -2.26. The van der Waals surface area contributed by atoms with Crippen molar-refractivity contribution in [3.8, 4) is 18.0 Å². The van der Waals surface area contributed by atoms with Gasteiger partial charge in [0.15, 0.2) is 6.19 Å². The summed E-state index contributed by atoms with van der Waals surface area (Å²) in [7, 11) is 0. The molecule has 0 saturated carbocycles. The number of ether oxygens (including phenoxy) is 1. The summed E-state index contributed by atoms with van der Waals surface area (Å²) in [6, 6.07) is 8.84. The predicted octanol–water partition coefficient (Wildman–Crippen LogP) is 2.09. The molecule has 0 amide bonds. The Kier molecular flexibility index (Phi) is 5.18. The van der Waals surface area contributed by atoms with E-state index in [0.29, 0.717) is 29.7 Å². The van der Waals surface area contributed by atoms with Crippen LogP contribution in [0.25, 0.3) is 0 Å². The van der Waals surface area contributed by atoms with Crippen LogP contribution in [0, 0.1) is 28.7 Å². The van der Waals surface area contributed by atoms with Gasteiger partial charge in [0.05, 0.1) is 12.3 Å². The number of pyridine rings is 1. The molecule has 1 atom stereocenters. The average Bonchev–Trinajstić information content (AvgIpc) is 2.66. The maximum Gasteiger partial charge on any atom is 0.211 e. The highest BCUT2D eigenvalue weighted by Crippen LogP contribution is 2.41. The normalized spacial score (nSPS) is 14.9. The van der Waals surface area contributed by atoms with Gasteiger partial charge >= 0.3 is 0 Å². The first kappa shape index (κ1) is 18.8. The van der Waals surface area contributed by atoms with E-state index in [4.69, 9.17) is 21.5 Å². The summed E-state index contributed by atoms with van der Waals surface area (Å²) in [4.78, 5) is 8.77. The zero-order chi connectivity index (χ0) is 20.3. The van der Waals surface area contributed by atoms with E-state index in [9.17, 15) is 5.26 Å². The molecule has 142 valence electrons. The number of rotatable bonds is 4. The summed E-state index contributed by atoms with van der Waals surface area (Å²) >= 11 is 0. The van der Waals surface area contributed by atoms with E-state index in [0.717, 1.165) is 5.56 Å². The molecular formula is C19H20N8O. The molecule has 3 rings (SSSR count). The first-order chi connectivity index (χ1) is 13.4. The number of hydrogen-bond acceptors (Lipinski definition) is 9. The zero-order valence-corrected chi connectivity index (χ0v) is 15.5. The van der Waals surface area contributed by atoms with Gasteiger partial charge in [0.1, 0.15) is 35.1 Å². The lowest BCUT2D eigenvalue weighted by Crippen LogP contribution is -2.32. The van der Waals surface area contributed by atoms with Crippen molar-refractivity contribution < 1.29 is 4.74 Å². The van der Waals surface area contributed by atoms with Crippen molar-refractivity contribution in [2.75, 3.05) is 23.4 Å². The van der Waals surface area contributed by atoms with Crippen molar-refractivity contribution in [1.82, 2.24) is 10.3 Å². The fraction of sp³-hybridized carbons (Fsp3) is 0.263. The quantitative estimate of drug-likeness (QED) is 0.466. The topological polar surface area (TPSA) is 158 Å². The number of aromatic nitrogens is 1. The van der Waals surface area contributed by atoms with Crippen molar-refractivity contribution in [2.45, 2.75) is 19.9 Å². The average molecular weight is 376 g/mol. The highest BCUT2D eigenvalue weighted by molar-refractivity contribution is 5.98. The van der Waals surface area contributed by atoms with Crippen LogP contribution >= 0.6 is 0 Å². The largest absolute Gasteiger partial charge is 0.493 e. The third kappa shape index (κ3) is 3.60. The van der Waals surface area contributed by atoms with Gasteiger partial charge in [0.2, 0.25) is 5.96 Å². The van der Waals surface area contributed by atoms with Gasteiger partial charge in [-0.05, 0) is 23.6 Å². The molecule has 2 heterocycles. The fourth-order valence-electron chi connectivity index (χ4n) is 2.86. The molecule has 9 heteroatoms. The minimum Gasteiger partial charge on any atom is -0.493 e. The van der Waals surface area contributed by atoms with E-state index in [-0.39, 0.29) is 23.0 Å². The van der Waals surface area contributed by atoms with Crippen LogP contribution in [0.3, 0.4) is 0 Å². The Bertz CT molecular complexity index is 1020. The van der Waals surface area contributed by atoms with Gasteiger partial charge in [-0.1, -0.05) is 26.0 Å². The molecular weight excluding hydrogens is 356 g/mol. The summed E-state index contributed by atoms with van der Waals surface area (Å²) in [5, 5.41) is 23.7. The molecule has 1 aliphatic rings. The Morgan fingerprint density at radius 2 is 2.11 bits per heavy atom. The number of nitrogens with one attached hydrogen (secondary N) is 2. The Labute approximate surface area is 162 Å². The van der Waals surface area contributed by atoms with Crippen molar-refractivity contribution in [3.63, 3.8) is 0 Å². The summed E-state index contributed by atoms with van der Waals surface area (Å²) in [6.07, 6.45) is 1.83. The second kappa shape index (κ2) is 7.72. The minimum atomic E-state index is -0.588. The van der Waals surface area contributed by atoms with Crippen LogP contribution in [-0.2, 0) is 0 Å². The Hall–Kier alpha value is -3.98. The summed E-state index contributed by atoms with van der Waals surface area (Å²) in [6.45, 7) is 4.71. The molecule has 6 N–H and O–H groups in total. The van der Waals surface area contributed by atoms with Crippen LogP contribution in [0.15, 0.2) is 29.3 Å². The van der Waals surface area contributed by atoms with Gasteiger partial charge in [-0.2, -0.15) is 10.5 Å². The van der Waals surface area contributed by atoms with Crippen LogP contribution in [0.4, 0.5) is 17.3 Å². The van der Waals surface area contributed by atoms with Gasteiger partial charge in [0, 0.05) is 5.56 Å². The smallest absolute Gasteiger partial charge is 0.211 e. The second-order valence-corrected chi connectivity index (χ2v) is 6.68. The van der Waals surface area contributed by atoms with Crippen molar-refractivity contribution >= 4 is 23.3 Å². The molecule has 9 nitrogen and oxygen atoms in total. The summed E-state index contributed by atoms with van der Waals surface area (Å²) in [5.41, 5.74) is 13.7. The summed E-state index contributed by atoms with van der Waals surface area (Å²) < 4.78 is 5.80. The van der Waals surface area contributed by atoms with Crippen LogP contribution in [0.1, 0.15) is 36.6 Å². The number of nitrogens with zero attached hydrogens (tertiary/aromatic N) is 4. The lowest BCUT2D eigenvalue weighted by molar-refractivity contribution is 0.271. The Balaban J connectivity index is 2.11. The number of fused-ring (bicyclic) bond motifs is 1. The number of nitriles is 2. The molecule has 1 aliphatic heterocycles. The number of guanidine groups is 1. The summed E-state index contributed by atoms with van der Waals surface area (Å²) in [5.74, 6) is 1.65. The molecule has 1 aromatic heterocycles. The van der Waals surface area contributed by atoms with Gasteiger partial charge in [-0.3, -0.25) is 5.32 Å². The number of nitrogen functional groups attached to an aromatic ring is 2. The molecule has 0 fully saturated rings. The molecule has 2 aromatic rings. The third-order valence-electron chi connectivity index (χ3n) is 4.11. The fourth-order valence-corrected chi connectivity index (χ4v) is 2.86. The Morgan fingerprint density at radius 3 is 2.79 bits per heavy atom. The van der Waals surface area contributed by atoms with Crippen LogP contribution < -0.4 is 26.8 Å². The maximum atomic E-state index is 9.38. The monoisotopic (exact) mass is 376 g/mol. The molecule has 0 radical (unpaired) electrons. The predicted molar refractivity (Wildman–Crippen MR) is 106 cm³/mol. The number of hydrogen-bond donors (Lipinski definition) is 4. The van der Waals surface area contributed by atoms with Crippen LogP contribution in [-0.4, -0.2) is 17.6 Å². The highest BCUT2D eigenvalue weighted by atomic mass is 16.5. The van der Waals surface area contributed by atoms with Crippen molar-refractivity contribution in [3.05, 3.63) is 41.0 Å². The van der Waals surface area contributed by atoms with E-state index in [1.165, 1.54) is 0 Å². The molecule has 0 spiro atoms. The van der Waals surface area contributed by atoms with E-state index in [1.54, 1.807) is 0 Å². The van der Waals surface area contributed by atoms with Crippen LogP contribution in [0.2, 0.25) is 0 Å². The van der Waals surface area contributed by atoms with Crippen molar-refractivity contribution in [2.24, 2.45) is 10.9 Å². The zero-order valence-electron chi connectivity index (χ0n) is 15.5. The molecule has 0 saturated heterocycles. The van der Waals surface area contributed by atoms with Gasteiger partial charge in [-0.25, -0.2) is 9.98 Å². The number of benzene rings is 1. The van der Waals surface area contributed by atoms with E-state index < -0.39 is 6.04 Å². The molecule has 0 aliphatic carbocycles. The van der Waals surface area contributed by atoms with E-state index in [2.05, 4.69) is 34.5 Å². The molecule has 28 heavy (non-hydrogen) atoms. The van der Waals surface area contributed by atoms with Gasteiger partial charge in [-0.15, -0.1) is 0 Å². The SMILES string of the molecule is CC(C)COc1cccc(C2N=C(NC#N)Nc3nc(N)c(C#N)c(N)c32)c1. The number of nitrogens with two attached hydrogens (primary N) is 2. The first-order valence-corrected chi connectivity index (χ1v) is 8.66. The second-order valence-electron chi connectivity index (χ2n) is 6.68. The minimum absolute atomic E-state index is 0.0113. The Morgan fingerprint density at radius 1 is 1.32 bits per heavy atom. The molecule has 1 unspecified atom stereocenters.